The maximum atomic E-state index is 13.9. The van der Waals surface area contributed by atoms with E-state index >= 15 is 0 Å². The van der Waals surface area contributed by atoms with Crippen LogP contribution in [0.1, 0.15) is 119 Å². The molecule has 3 aromatic carbocycles. The lowest BCUT2D eigenvalue weighted by molar-refractivity contribution is -0.230. The largest absolute Gasteiger partial charge is 0.416 e. The van der Waals surface area contributed by atoms with Crippen molar-refractivity contribution in [3.63, 3.8) is 0 Å². The Morgan fingerprint density at radius 3 is 1.49 bits per heavy atom. The van der Waals surface area contributed by atoms with Crippen LogP contribution in [0.15, 0.2) is 73.2 Å². The molecule has 9 rings (SSSR count). The summed E-state index contributed by atoms with van der Waals surface area (Å²) in [5, 5.41) is 27.7. The molecule has 3 aliphatic rings. The van der Waals surface area contributed by atoms with E-state index in [0.29, 0.717) is 69.7 Å². The highest BCUT2D eigenvalue weighted by atomic mass is 19.4. The summed E-state index contributed by atoms with van der Waals surface area (Å²) in [4.78, 5) is 0. The fraction of sp³-hybridized carbons (Fsp3) is 0.481. The number of ether oxygens (including phenoxy) is 2. The molecule has 3 fully saturated rings. The number of methoxy groups -OCH3 is 2. The minimum Gasteiger partial charge on any atom is -0.366 e. The molecule has 0 radical (unpaired) electrons. The van der Waals surface area contributed by atoms with Gasteiger partial charge >= 0.3 is 24.7 Å². The van der Waals surface area contributed by atoms with Gasteiger partial charge in [-0.05, 0) is 120 Å². The van der Waals surface area contributed by atoms with Crippen molar-refractivity contribution in [1.82, 2.24) is 61.0 Å². The lowest BCUT2D eigenvalue weighted by Crippen LogP contribution is -2.50. The van der Waals surface area contributed by atoms with Crippen molar-refractivity contribution in [2.75, 3.05) is 20.8 Å². The SMILES string of the molecule is COC(C)(C)C#Cc1cc(-c2cn(-c3cc(C(F)(F)F)cc(C(F)(F)F)c3)nn2)cc(-c2cn([C@@H]3CCCC[C@H]3n3cc(-c4cc(C#CC(C)(C)OC)cc([C@@H]5CN(C6C[C@@H](C(F)(F)F)C[C@@H](C(F)(F)F)C6)NN5)c4)nn3)nn2)c1. The van der Waals surface area contributed by atoms with Crippen LogP contribution >= 0.6 is 0 Å². The molecule has 2 saturated carbocycles. The van der Waals surface area contributed by atoms with Crippen LogP contribution in [0.4, 0.5) is 52.7 Å². The van der Waals surface area contributed by atoms with E-state index < -0.39 is 95.9 Å². The summed E-state index contributed by atoms with van der Waals surface area (Å²) in [6.07, 6.45) is -14.0. The topological polar surface area (TPSA) is 138 Å². The number of benzene rings is 3. The van der Waals surface area contributed by atoms with Gasteiger partial charge in [0.05, 0.1) is 65.4 Å². The summed E-state index contributed by atoms with van der Waals surface area (Å²) >= 11 is 0. The molecule has 6 aromatic rings. The molecule has 1 saturated heterocycles. The second-order valence-corrected chi connectivity index (χ2v) is 21.3. The minimum absolute atomic E-state index is 0.0264. The molecule has 2 aliphatic carbocycles. The van der Waals surface area contributed by atoms with Gasteiger partial charge in [-0.2, -0.15) is 58.2 Å². The Morgan fingerprint density at radius 2 is 1.01 bits per heavy atom. The first-order valence-electron chi connectivity index (χ1n) is 25.4. The third-order valence-electron chi connectivity index (χ3n) is 14.7. The van der Waals surface area contributed by atoms with Gasteiger partial charge in [-0.1, -0.05) is 52.2 Å². The molecule has 426 valence electrons. The van der Waals surface area contributed by atoms with E-state index in [1.807, 2.05) is 6.07 Å². The van der Waals surface area contributed by atoms with Crippen LogP contribution in [-0.2, 0) is 21.8 Å². The number of aromatic nitrogens is 9. The van der Waals surface area contributed by atoms with Gasteiger partial charge in [0.1, 0.15) is 28.3 Å². The number of hydrogen-bond acceptors (Lipinski definition) is 11. The van der Waals surface area contributed by atoms with Crippen LogP contribution in [0.5, 0.6) is 0 Å². The summed E-state index contributed by atoms with van der Waals surface area (Å²) in [7, 11) is 3.01. The van der Waals surface area contributed by atoms with Gasteiger partial charge < -0.3 is 9.47 Å². The molecular formula is C54H54F12N12O2. The lowest BCUT2D eigenvalue weighted by atomic mass is 9.77. The molecule has 80 heavy (non-hydrogen) atoms. The van der Waals surface area contributed by atoms with E-state index in [-0.39, 0.29) is 30.4 Å². The number of alkyl halides is 12. The van der Waals surface area contributed by atoms with Gasteiger partial charge in [-0.15, -0.1) is 15.3 Å². The molecule has 26 heteroatoms. The van der Waals surface area contributed by atoms with Crippen molar-refractivity contribution in [3.05, 3.63) is 101 Å². The molecule has 6 atom stereocenters. The number of hydrogen-bond donors (Lipinski definition) is 2. The van der Waals surface area contributed by atoms with Crippen molar-refractivity contribution in [3.8, 4) is 63.1 Å². The zero-order valence-electron chi connectivity index (χ0n) is 43.9. The first-order valence-corrected chi connectivity index (χ1v) is 25.4. The second-order valence-electron chi connectivity index (χ2n) is 21.3. The van der Waals surface area contributed by atoms with E-state index in [2.05, 4.69) is 65.6 Å². The number of halogens is 12. The highest BCUT2D eigenvalue weighted by molar-refractivity contribution is 5.72. The zero-order chi connectivity index (χ0) is 57.7. The van der Waals surface area contributed by atoms with Gasteiger partial charge in [-0.25, -0.2) is 24.5 Å². The average Bonchev–Trinajstić information content (AvgIpc) is 4.27. The van der Waals surface area contributed by atoms with Crippen molar-refractivity contribution < 1.29 is 62.2 Å². The van der Waals surface area contributed by atoms with Gasteiger partial charge in [-0.3, -0.25) is 0 Å². The van der Waals surface area contributed by atoms with E-state index in [1.54, 1.807) is 79.8 Å². The van der Waals surface area contributed by atoms with Crippen molar-refractivity contribution in [2.24, 2.45) is 11.8 Å². The summed E-state index contributed by atoms with van der Waals surface area (Å²) in [5.74, 6) is 8.13. The number of rotatable bonds is 10. The Balaban J connectivity index is 1.01. The number of nitrogens with one attached hydrogen (secondary N) is 2. The standard InChI is InChI=1S/C54H54F12N12O2/c1-49(2,79-5)13-11-31-15-33(43-27-75(71-67-43)41-23-37(51(55,56)57)21-38(24-41)52(58,59)60)19-35(17-31)45-29-77(73-69-45)47-9-7-8-10-48(47)78-30-46(70-74-78)36-18-32(12-14-50(3,4)80-6)16-34(20-36)44-28-76(72-68-44)42-25-39(53(61,62)63)22-40(26-42)54(64,65)66/h15-21,23-24,27,29-30,39-40,42,44,47-48,68,72H,7-10,22,25-26,28H2,1-6H3/t39-,40+,42?,44-,47+,48+/m0/s1. The predicted molar refractivity (Wildman–Crippen MR) is 266 cm³/mol. The van der Waals surface area contributed by atoms with Crippen molar-refractivity contribution in [2.45, 2.75) is 133 Å². The summed E-state index contributed by atoms with van der Waals surface area (Å²) in [6, 6.07) is 9.35. The highest BCUT2D eigenvalue weighted by Gasteiger charge is 2.53. The van der Waals surface area contributed by atoms with Crippen LogP contribution in [0, 0.1) is 35.5 Å². The van der Waals surface area contributed by atoms with E-state index in [4.69, 9.17) is 9.47 Å². The molecule has 1 unspecified atom stereocenters. The molecule has 0 spiro atoms. The lowest BCUT2D eigenvalue weighted by Gasteiger charge is -2.40. The normalized spacial score (nSPS) is 21.7. The maximum Gasteiger partial charge on any atom is 0.416 e. The third-order valence-corrected chi connectivity index (χ3v) is 14.7. The molecule has 1 aliphatic heterocycles. The fourth-order valence-corrected chi connectivity index (χ4v) is 10.0. The molecular weight excluding hydrogens is 1080 g/mol. The fourth-order valence-electron chi connectivity index (χ4n) is 10.0. The zero-order valence-corrected chi connectivity index (χ0v) is 43.9. The summed E-state index contributed by atoms with van der Waals surface area (Å²) < 4.78 is 182. The van der Waals surface area contributed by atoms with Crippen LogP contribution in [0.2, 0.25) is 0 Å². The average molecular weight is 1130 g/mol. The first-order chi connectivity index (χ1) is 37.4. The Morgan fingerprint density at radius 1 is 0.550 bits per heavy atom. The predicted octanol–water partition coefficient (Wildman–Crippen LogP) is 11.7. The Labute approximate surface area is 451 Å². The van der Waals surface area contributed by atoms with Crippen LogP contribution in [-0.4, -0.2) is 100 Å². The Hall–Kier alpha value is -6.84. The van der Waals surface area contributed by atoms with E-state index in [1.165, 1.54) is 25.4 Å². The first kappa shape index (κ1) is 57.8. The molecule has 3 aromatic heterocycles. The number of nitrogens with zero attached hydrogens (tertiary/aromatic N) is 10. The minimum atomic E-state index is -5.09. The quantitative estimate of drug-likeness (QED) is 0.100. The van der Waals surface area contributed by atoms with Crippen LogP contribution in [0.3, 0.4) is 0 Å². The molecule has 14 nitrogen and oxygen atoms in total. The highest BCUT2D eigenvalue weighted by Crippen LogP contribution is 2.47. The summed E-state index contributed by atoms with van der Waals surface area (Å²) in [6.45, 7) is 7.10. The second kappa shape index (κ2) is 21.9. The number of hydrazine groups is 2. The Kier molecular flexibility index (Phi) is 15.8. The molecule has 0 amide bonds. The molecule has 2 N–H and O–H groups in total. The third kappa shape index (κ3) is 13.3. The van der Waals surface area contributed by atoms with Gasteiger partial charge in [0, 0.05) is 54.6 Å². The smallest absolute Gasteiger partial charge is 0.366 e. The maximum absolute atomic E-state index is 13.9. The monoisotopic (exact) mass is 1130 g/mol. The van der Waals surface area contributed by atoms with Gasteiger partial charge in [0.2, 0.25) is 0 Å². The van der Waals surface area contributed by atoms with Crippen LogP contribution < -0.4 is 11.0 Å². The van der Waals surface area contributed by atoms with Crippen molar-refractivity contribution in [1.29, 1.82) is 0 Å². The molecule has 0 bridgehead atoms. The van der Waals surface area contributed by atoms with Gasteiger partial charge in [0.25, 0.3) is 0 Å². The Bertz CT molecular complexity index is 3280. The van der Waals surface area contributed by atoms with Crippen molar-refractivity contribution >= 4 is 0 Å². The van der Waals surface area contributed by atoms with Gasteiger partial charge in [0.15, 0.2) is 0 Å². The molecule has 4 heterocycles. The van der Waals surface area contributed by atoms with Crippen LogP contribution in [0.25, 0.3) is 39.5 Å². The summed E-state index contributed by atoms with van der Waals surface area (Å²) in [5.41, 5.74) is 4.63. The van der Waals surface area contributed by atoms with E-state index in [9.17, 15) is 52.7 Å². The van der Waals surface area contributed by atoms with E-state index in [0.717, 1.165) is 17.5 Å².